The van der Waals surface area contributed by atoms with Crippen LogP contribution in [-0.4, -0.2) is 17.0 Å². The lowest BCUT2D eigenvalue weighted by Crippen LogP contribution is -2.29. The Balaban J connectivity index is 2.09. The first kappa shape index (κ1) is 13.6. The maximum Gasteiger partial charge on any atom is 0.307 e. The third-order valence-electron chi connectivity index (χ3n) is 3.74. The van der Waals surface area contributed by atoms with E-state index in [1.807, 2.05) is 38.1 Å². The third kappa shape index (κ3) is 3.13. The van der Waals surface area contributed by atoms with Crippen LogP contribution in [0.1, 0.15) is 25.3 Å². The highest BCUT2D eigenvalue weighted by atomic mass is 16.4. The van der Waals surface area contributed by atoms with E-state index in [2.05, 4.69) is 5.32 Å². The van der Waals surface area contributed by atoms with Crippen LogP contribution in [0, 0.1) is 24.7 Å². The van der Waals surface area contributed by atoms with E-state index in [1.54, 1.807) is 0 Å². The minimum atomic E-state index is -0.867. The van der Waals surface area contributed by atoms with Gasteiger partial charge in [0.1, 0.15) is 0 Å². The molecule has 1 aromatic carbocycles. The molecule has 1 aliphatic rings. The normalized spacial score (nSPS) is 26.1. The Morgan fingerprint density at radius 3 is 2.58 bits per heavy atom. The number of rotatable bonds is 3. The maximum absolute atomic E-state index is 12.2. The minimum absolute atomic E-state index is 0.178. The molecule has 2 rings (SSSR count). The van der Waals surface area contributed by atoms with Gasteiger partial charge in [-0.15, -0.1) is 0 Å². The van der Waals surface area contributed by atoms with E-state index >= 15 is 0 Å². The Morgan fingerprint density at radius 1 is 1.26 bits per heavy atom. The van der Waals surface area contributed by atoms with E-state index in [4.69, 9.17) is 0 Å². The molecule has 0 bridgehead atoms. The molecule has 0 radical (unpaired) electrons. The molecule has 1 unspecified atom stereocenters. The number of hydrogen-bond acceptors (Lipinski definition) is 2. The first-order valence-electron chi connectivity index (χ1n) is 6.57. The Bertz CT molecular complexity index is 498. The highest BCUT2D eigenvalue weighted by Crippen LogP contribution is 2.37. The number of carboxylic acids is 1. The molecule has 4 nitrogen and oxygen atoms in total. The monoisotopic (exact) mass is 261 g/mol. The van der Waals surface area contributed by atoms with E-state index in [0.717, 1.165) is 11.3 Å². The lowest BCUT2D eigenvalue weighted by atomic mass is 9.95. The van der Waals surface area contributed by atoms with Crippen LogP contribution in [0.5, 0.6) is 0 Å². The number of carbonyl (C=O) groups excluding carboxylic acids is 1. The molecule has 0 heterocycles. The van der Waals surface area contributed by atoms with Crippen LogP contribution in [0.15, 0.2) is 24.3 Å². The van der Waals surface area contributed by atoms with Crippen molar-refractivity contribution in [3.05, 3.63) is 29.8 Å². The first-order chi connectivity index (χ1) is 8.97. The number of anilines is 1. The van der Waals surface area contributed by atoms with Crippen LogP contribution in [0.2, 0.25) is 0 Å². The van der Waals surface area contributed by atoms with Gasteiger partial charge in [0.05, 0.1) is 11.8 Å². The fourth-order valence-corrected chi connectivity index (χ4v) is 2.81. The Hall–Kier alpha value is -1.84. The number of aliphatic carboxylic acids is 1. The molecule has 1 saturated carbocycles. The van der Waals surface area contributed by atoms with E-state index < -0.39 is 17.8 Å². The van der Waals surface area contributed by atoms with Gasteiger partial charge in [0.2, 0.25) is 5.91 Å². The second kappa shape index (κ2) is 5.43. The van der Waals surface area contributed by atoms with Crippen molar-refractivity contribution in [2.24, 2.45) is 17.8 Å². The van der Waals surface area contributed by atoms with Gasteiger partial charge in [0.15, 0.2) is 0 Å². The predicted octanol–water partition coefficient (Wildman–Crippen LogP) is 2.68. The second-order valence-electron chi connectivity index (χ2n) is 5.49. The molecule has 4 heteroatoms. The van der Waals surface area contributed by atoms with Crippen LogP contribution >= 0.6 is 0 Å². The highest BCUT2D eigenvalue weighted by molar-refractivity contribution is 5.95. The molecule has 1 aromatic rings. The molecule has 0 spiro atoms. The van der Waals surface area contributed by atoms with Gasteiger partial charge in [-0.3, -0.25) is 9.59 Å². The molecule has 1 aliphatic carbocycles. The van der Waals surface area contributed by atoms with Gasteiger partial charge < -0.3 is 10.4 Å². The molecule has 0 aliphatic heterocycles. The first-order valence-corrected chi connectivity index (χ1v) is 6.57. The topological polar surface area (TPSA) is 66.4 Å². The zero-order chi connectivity index (χ0) is 14.0. The van der Waals surface area contributed by atoms with Gasteiger partial charge in [-0.2, -0.15) is 0 Å². The fraction of sp³-hybridized carbons (Fsp3) is 0.467. The number of aryl methyl sites for hydroxylation is 1. The van der Waals surface area contributed by atoms with Crippen LogP contribution in [0.4, 0.5) is 5.69 Å². The van der Waals surface area contributed by atoms with Crippen LogP contribution in [-0.2, 0) is 9.59 Å². The van der Waals surface area contributed by atoms with Crippen molar-refractivity contribution >= 4 is 17.6 Å². The molecule has 3 atom stereocenters. The van der Waals surface area contributed by atoms with Crippen molar-refractivity contribution in [1.82, 2.24) is 0 Å². The minimum Gasteiger partial charge on any atom is -0.481 e. The number of amides is 1. The summed E-state index contributed by atoms with van der Waals surface area (Å²) in [6.07, 6.45) is 1.23. The van der Waals surface area contributed by atoms with Crippen LogP contribution < -0.4 is 5.32 Å². The van der Waals surface area contributed by atoms with Crippen molar-refractivity contribution in [3.8, 4) is 0 Å². The summed E-state index contributed by atoms with van der Waals surface area (Å²) < 4.78 is 0. The standard InChI is InChI=1S/C15H19NO3/c1-9-4-3-5-11(6-9)16-14(17)12-7-10(2)8-13(12)15(18)19/h3-6,10,12-13H,7-8H2,1-2H3,(H,16,17)(H,18,19)/t10?,12-,13+/m0/s1. The SMILES string of the molecule is Cc1cccc(NC(=O)[C@H]2CC(C)C[C@H]2C(=O)O)c1. The largest absolute Gasteiger partial charge is 0.481 e. The zero-order valence-electron chi connectivity index (χ0n) is 11.2. The summed E-state index contributed by atoms with van der Waals surface area (Å²) in [5.41, 5.74) is 1.79. The average molecular weight is 261 g/mol. The second-order valence-corrected chi connectivity index (χ2v) is 5.49. The molecular weight excluding hydrogens is 242 g/mol. The van der Waals surface area contributed by atoms with Gasteiger partial charge in [0.25, 0.3) is 0 Å². The lowest BCUT2D eigenvalue weighted by molar-refractivity contribution is -0.145. The van der Waals surface area contributed by atoms with Crippen molar-refractivity contribution < 1.29 is 14.7 Å². The molecule has 1 amide bonds. The summed E-state index contributed by atoms with van der Waals surface area (Å²) in [4.78, 5) is 23.4. The molecular formula is C15H19NO3. The van der Waals surface area contributed by atoms with E-state index in [0.29, 0.717) is 12.8 Å². The van der Waals surface area contributed by atoms with Crippen molar-refractivity contribution in [1.29, 1.82) is 0 Å². The van der Waals surface area contributed by atoms with Gasteiger partial charge in [-0.1, -0.05) is 19.1 Å². The maximum atomic E-state index is 12.2. The van der Waals surface area contributed by atoms with Crippen LogP contribution in [0.3, 0.4) is 0 Å². The molecule has 0 saturated heterocycles. The summed E-state index contributed by atoms with van der Waals surface area (Å²) in [6, 6.07) is 7.52. The number of carboxylic acid groups (broad SMARTS) is 1. The van der Waals surface area contributed by atoms with Gasteiger partial charge in [-0.05, 0) is 43.4 Å². The molecule has 1 fully saturated rings. The van der Waals surface area contributed by atoms with Crippen LogP contribution in [0.25, 0.3) is 0 Å². The molecule has 19 heavy (non-hydrogen) atoms. The summed E-state index contributed by atoms with van der Waals surface area (Å²) in [5.74, 6) is -1.74. The average Bonchev–Trinajstić information content (AvgIpc) is 2.71. The van der Waals surface area contributed by atoms with Gasteiger partial charge in [-0.25, -0.2) is 0 Å². The van der Waals surface area contributed by atoms with Crippen molar-refractivity contribution in [2.45, 2.75) is 26.7 Å². The van der Waals surface area contributed by atoms with Crippen molar-refractivity contribution in [3.63, 3.8) is 0 Å². The molecule has 102 valence electrons. The van der Waals surface area contributed by atoms with E-state index in [-0.39, 0.29) is 11.8 Å². The number of carbonyl (C=O) groups is 2. The smallest absolute Gasteiger partial charge is 0.307 e. The van der Waals surface area contributed by atoms with Gasteiger partial charge >= 0.3 is 5.97 Å². The zero-order valence-corrected chi connectivity index (χ0v) is 11.2. The van der Waals surface area contributed by atoms with E-state index in [9.17, 15) is 14.7 Å². The summed E-state index contributed by atoms with van der Waals surface area (Å²) in [5, 5.41) is 12.0. The number of hydrogen-bond donors (Lipinski definition) is 2. The van der Waals surface area contributed by atoms with Crippen molar-refractivity contribution in [2.75, 3.05) is 5.32 Å². The quantitative estimate of drug-likeness (QED) is 0.879. The number of benzene rings is 1. The Kier molecular flexibility index (Phi) is 3.88. The summed E-state index contributed by atoms with van der Waals surface area (Å²) in [7, 11) is 0. The molecule has 2 N–H and O–H groups in total. The summed E-state index contributed by atoms with van der Waals surface area (Å²) >= 11 is 0. The van der Waals surface area contributed by atoms with Gasteiger partial charge in [0, 0.05) is 5.69 Å². The fourth-order valence-electron chi connectivity index (χ4n) is 2.81. The summed E-state index contributed by atoms with van der Waals surface area (Å²) in [6.45, 7) is 3.95. The predicted molar refractivity (Wildman–Crippen MR) is 72.8 cm³/mol. The van der Waals surface area contributed by atoms with E-state index in [1.165, 1.54) is 0 Å². The highest BCUT2D eigenvalue weighted by Gasteiger charge is 2.41. The third-order valence-corrected chi connectivity index (χ3v) is 3.74. The molecule has 0 aromatic heterocycles. The lowest BCUT2D eigenvalue weighted by Gasteiger charge is -2.15. The Labute approximate surface area is 112 Å². The number of nitrogens with one attached hydrogen (secondary N) is 1. The Morgan fingerprint density at radius 2 is 1.95 bits per heavy atom.